The van der Waals surface area contributed by atoms with Crippen LogP contribution in [0.3, 0.4) is 0 Å². The predicted octanol–water partition coefficient (Wildman–Crippen LogP) is -0.714. The molecule has 0 atom stereocenters. The summed E-state index contributed by atoms with van der Waals surface area (Å²) < 4.78 is 23.7. The quantitative estimate of drug-likeness (QED) is 0.499. The second-order valence-electron chi connectivity index (χ2n) is 3.98. The van der Waals surface area contributed by atoms with Gasteiger partial charge in [0.1, 0.15) is 0 Å². The molecule has 0 aliphatic rings. The zero-order valence-electron chi connectivity index (χ0n) is 9.00. The van der Waals surface area contributed by atoms with Crippen molar-refractivity contribution in [3.63, 3.8) is 0 Å². The lowest BCUT2D eigenvalue weighted by molar-refractivity contribution is 0.0713. The Morgan fingerprint density at radius 1 is 1.21 bits per heavy atom. The van der Waals surface area contributed by atoms with E-state index in [-0.39, 0.29) is 0 Å². The van der Waals surface area contributed by atoms with Gasteiger partial charge < -0.3 is 10.4 Å². The van der Waals surface area contributed by atoms with E-state index in [4.69, 9.17) is 0 Å². The van der Waals surface area contributed by atoms with Crippen molar-refractivity contribution in [3.05, 3.63) is 0 Å². The average Bonchev–Trinajstić information content (AvgIpc) is 1.92. The van der Waals surface area contributed by atoms with Crippen LogP contribution in [-0.4, -0.2) is 45.0 Å². The highest BCUT2D eigenvalue weighted by molar-refractivity contribution is 7.88. The lowest BCUT2D eigenvalue weighted by Crippen LogP contribution is -2.33. The molecule has 0 fully saturated rings. The van der Waals surface area contributed by atoms with Crippen LogP contribution in [0.15, 0.2) is 0 Å². The van der Waals surface area contributed by atoms with E-state index < -0.39 is 15.6 Å². The molecule has 6 heteroatoms. The molecule has 0 heterocycles. The number of sulfonamides is 1. The van der Waals surface area contributed by atoms with Crippen molar-refractivity contribution in [3.8, 4) is 0 Å². The van der Waals surface area contributed by atoms with Gasteiger partial charge in [-0.25, -0.2) is 13.1 Å². The first-order valence-electron chi connectivity index (χ1n) is 4.58. The fraction of sp³-hybridized carbons (Fsp3) is 1.00. The summed E-state index contributed by atoms with van der Waals surface area (Å²) >= 11 is 0. The molecule has 0 amide bonds. The van der Waals surface area contributed by atoms with Crippen LogP contribution in [0.1, 0.15) is 20.3 Å². The van der Waals surface area contributed by atoms with Crippen LogP contribution in [0.25, 0.3) is 0 Å². The molecule has 0 aromatic rings. The monoisotopic (exact) mass is 224 g/mol. The van der Waals surface area contributed by atoms with E-state index in [9.17, 15) is 13.5 Å². The topological polar surface area (TPSA) is 78.4 Å². The summed E-state index contributed by atoms with van der Waals surface area (Å²) in [6.45, 7) is 5.11. The van der Waals surface area contributed by atoms with Crippen molar-refractivity contribution >= 4 is 10.0 Å². The molecule has 0 aliphatic carbocycles. The summed E-state index contributed by atoms with van der Waals surface area (Å²) in [5.41, 5.74) is -0.669. The molecule has 0 spiro atoms. The standard InChI is InChI=1S/C8H20N2O3S/c1-8(2,11)4-5-9-6-7-10-14(3,12)13/h9-11H,4-7H2,1-3H3. The zero-order valence-corrected chi connectivity index (χ0v) is 9.82. The van der Waals surface area contributed by atoms with Gasteiger partial charge in [0, 0.05) is 13.1 Å². The Morgan fingerprint density at radius 2 is 1.79 bits per heavy atom. The molecule has 0 aromatic carbocycles. The minimum Gasteiger partial charge on any atom is -0.390 e. The van der Waals surface area contributed by atoms with Crippen molar-refractivity contribution in [2.75, 3.05) is 25.9 Å². The van der Waals surface area contributed by atoms with Gasteiger partial charge in [-0.3, -0.25) is 0 Å². The lowest BCUT2D eigenvalue weighted by Gasteiger charge is -2.16. The van der Waals surface area contributed by atoms with Crippen LogP contribution < -0.4 is 10.0 Å². The Labute approximate surface area is 85.9 Å². The maximum atomic E-state index is 10.6. The Hall–Kier alpha value is -0.170. The molecule has 86 valence electrons. The van der Waals surface area contributed by atoms with Gasteiger partial charge in [-0.1, -0.05) is 0 Å². The first-order chi connectivity index (χ1) is 6.21. The first kappa shape index (κ1) is 13.8. The Balaban J connectivity index is 3.32. The molecular formula is C8H20N2O3S. The highest BCUT2D eigenvalue weighted by Gasteiger charge is 2.10. The summed E-state index contributed by atoms with van der Waals surface area (Å²) in [4.78, 5) is 0. The molecule has 14 heavy (non-hydrogen) atoms. The van der Waals surface area contributed by atoms with Gasteiger partial charge in [0.15, 0.2) is 0 Å². The Morgan fingerprint density at radius 3 is 2.21 bits per heavy atom. The molecule has 0 rings (SSSR count). The fourth-order valence-electron chi connectivity index (χ4n) is 0.844. The molecule has 3 N–H and O–H groups in total. The third-order valence-corrected chi connectivity index (χ3v) is 2.31. The SMILES string of the molecule is CC(C)(O)CCNCCNS(C)(=O)=O. The smallest absolute Gasteiger partial charge is 0.208 e. The fourth-order valence-corrected chi connectivity index (χ4v) is 1.32. The Kier molecular flexibility index (Phi) is 5.58. The second kappa shape index (κ2) is 5.65. The van der Waals surface area contributed by atoms with E-state index in [1.807, 2.05) is 0 Å². The normalized spacial score (nSPS) is 13.1. The molecule has 0 saturated heterocycles. The highest BCUT2D eigenvalue weighted by Crippen LogP contribution is 2.04. The summed E-state index contributed by atoms with van der Waals surface area (Å²) in [6, 6.07) is 0. The molecule has 5 nitrogen and oxygen atoms in total. The maximum absolute atomic E-state index is 10.6. The van der Waals surface area contributed by atoms with E-state index in [1.54, 1.807) is 13.8 Å². The van der Waals surface area contributed by atoms with E-state index in [0.29, 0.717) is 26.1 Å². The van der Waals surface area contributed by atoms with Crippen LogP contribution >= 0.6 is 0 Å². The van der Waals surface area contributed by atoms with Gasteiger partial charge in [-0.05, 0) is 26.8 Å². The van der Waals surface area contributed by atoms with Gasteiger partial charge in [0.25, 0.3) is 0 Å². The highest BCUT2D eigenvalue weighted by atomic mass is 32.2. The van der Waals surface area contributed by atoms with E-state index in [0.717, 1.165) is 6.26 Å². The van der Waals surface area contributed by atoms with E-state index in [2.05, 4.69) is 10.0 Å². The van der Waals surface area contributed by atoms with Crippen molar-refractivity contribution in [1.29, 1.82) is 0 Å². The minimum absolute atomic E-state index is 0.380. The molecular weight excluding hydrogens is 204 g/mol. The average molecular weight is 224 g/mol. The van der Waals surface area contributed by atoms with Crippen LogP contribution in [0.4, 0.5) is 0 Å². The van der Waals surface area contributed by atoms with Gasteiger partial charge in [0.05, 0.1) is 11.9 Å². The maximum Gasteiger partial charge on any atom is 0.208 e. The van der Waals surface area contributed by atoms with Crippen LogP contribution in [-0.2, 0) is 10.0 Å². The number of rotatable bonds is 7. The van der Waals surface area contributed by atoms with Crippen molar-refractivity contribution in [2.45, 2.75) is 25.9 Å². The van der Waals surface area contributed by atoms with E-state index in [1.165, 1.54) is 0 Å². The molecule has 0 aromatic heterocycles. The number of nitrogens with one attached hydrogen (secondary N) is 2. The summed E-state index contributed by atoms with van der Waals surface area (Å²) in [5.74, 6) is 0. The summed E-state index contributed by atoms with van der Waals surface area (Å²) in [7, 11) is -3.08. The largest absolute Gasteiger partial charge is 0.390 e. The number of aliphatic hydroxyl groups is 1. The third-order valence-electron chi connectivity index (χ3n) is 1.58. The van der Waals surface area contributed by atoms with Gasteiger partial charge in [-0.2, -0.15) is 0 Å². The molecule has 0 bridgehead atoms. The molecule has 0 saturated carbocycles. The minimum atomic E-state index is -3.08. The molecule has 0 radical (unpaired) electrons. The first-order valence-corrected chi connectivity index (χ1v) is 6.47. The summed E-state index contributed by atoms with van der Waals surface area (Å²) in [6.07, 6.45) is 1.77. The van der Waals surface area contributed by atoms with Gasteiger partial charge in [-0.15, -0.1) is 0 Å². The van der Waals surface area contributed by atoms with Gasteiger partial charge >= 0.3 is 0 Å². The number of hydrogen-bond donors (Lipinski definition) is 3. The van der Waals surface area contributed by atoms with Crippen LogP contribution in [0.5, 0.6) is 0 Å². The van der Waals surface area contributed by atoms with Gasteiger partial charge in [0.2, 0.25) is 10.0 Å². The lowest BCUT2D eigenvalue weighted by atomic mass is 10.1. The van der Waals surface area contributed by atoms with Crippen molar-refractivity contribution in [2.24, 2.45) is 0 Å². The van der Waals surface area contributed by atoms with Crippen LogP contribution in [0.2, 0.25) is 0 Å². The third kappa shape index (κ3) is 11.8. The molecule has 0 aliphatic heterocycles. The van der Waals surface area contributed by atoms with Crippen molar-refractivity contribution in [1.82, 2.24) is 10.0 Å². The number of hydrogen-bond acceptors (Lipinski definition) is 4. The summed E-state index contributed by atoms with van der Waals surface area (Å²) in [5, 5.41) is 12.4. The Bertz CT molecular complexity index is 244. The van der Waals surface area contributed by atoms with Crippen molar-refractivity contribution < 1.29 is 13.5 Å². The van der Waals surface area contributed by atoms with Crippen LogP contribution in [0, 0.1) is 0 Å². The molecule has 0 unspecified atom stereocenters. The predicted molar refractivity (Wildman–Crippen MR) is 56.6 cm³/mol. The zero-order chi connectivity index (χ0) is 11.2. The second-order valence-corrected chi connectivity index (χ2v) is 5.81. The van der Waals surface area contributed by atoms with E-state index >= 15 is 0 Å².